The third-order valence-electron chi connectivity index (χ3n) is 2.97. The van der Waals surface area contributed by atoms with Crippen LogP contribution in [0.25, 0.3) is 0 Å². The van der Waals surface area contributed by atoms with Crippen molar-refractivity contribution >= 4 is 49.4 Å². The highest BCUT2D eigenvalue weighted by Crippen LogP contribution is 2.23. The van der Waals surface area contributed by atoms with E-state index in [2.05, 4.69) is 37.2 Å². The fraction of sp³-hybridized carbons (Fsp3) is 0.0667. The quantitative estimate of drug-likeness (QED) is 0.804. The van der Waals surface area contributed by atoms with Gasteiger partial charge in [-0.15, -0.1) is 0 Å². The van der Waals surface area contributed by atoms with Crippen LogP contribution >= 0.6 is 31.9 Å². The monoisotopic (exact) mass is 410 g/mol. The van der Waals surface area contributed by atoms with E-state index in [1.807, 2.05) is 6.07 Å². The van der Waals surface area contributed by atoms with Gasteiger partial charge in [0.15, 0.2) is 0 Å². The number of carbonyl (C=O) groups excluding carboxylic acids is 2. The molecule has 2 aromatic carbocycles. The molecule has 4 nitrogen and oxygen atoms in total. The molecule has 0 atom stereocenters. The van der Waals surface area contributed by atoms with Crippen LogP contribution in [0.2, 0.25) is 0 Å². The average molecular weight is 412 g/mol. The van der Waals surface area contributed by atoms with Gasteiger partial charge in [0.05, 0.1) is 0 Å². The summed E-state index contributed by atoms with van der Waals surface area (Å²) in [4.78, 5) is 23.6. The molecule has 2 aromatic rings. The van der Waals surface area contributed by atoms with Gasteiger partial charge < -0.3 is 11.1 Å². The maximum atomic E-state index is 12.3. The minimum atomic E-state index is -0.520. The lowest BCUT2D eigenvalue weighted by molar-refractivity contribution is 0.0995. The summed E-state index contributed by atoms with van der Waals surface area (Å²) < 4.78 is 1.59. The van der Waals surface area contributed by atoms with Crippen LogP contribution in [0.4, 0.5) is 5.69 Å². The number of nitrogens with two attached hydrogens (primary N) is 1. The van der Waals surface area contributed by atoms with Crippen molar-refractivity contribution in [2.24, 2.45) is 5.73 Å². The standard InChI is InChI=1S/C15H12Br2N2O2/c1-8-12(14(18)20)3-2-4-13(8)19-15(21)9-5-10(16)7-11(17)6-9/h2-7H,1H3,(H2,18,20)(H,19,21). The molecule has 0 aliphatic carbocycles. The summed E-state index contributed by atoms with van der Waals surface area (Å²) in [5.74, 6) is -0.782. The van der Waals surface area contributed by atoms with Crippen molar-refractivity contribution in [3.63, 3.8) is 0 Å². The number of hydrogen-bond acceptors (Lipinski definition) is 2. The first-order chi connectivity index (χ1) is 9.88. The number of benzene rings is 2. The molecule has 0 unspecified atom stereocenters. The molecule has 0 saturated heterocycles. The van der Waals surface area contributed by atoms with E-state index in [0.717, 1.165) is 8.95 Å². The first-order valence-electron chi connectivity index (χ1n) is 6.05. The largest absolute Gasteiger partial charge is 0.366 e. The molecule has 0 heterocycles. The zero-order chi connectivity index (χ0) is 15.6. The van der Waals surface area contributed by atoms with E-state index in [9.17, 15) is 9.59 Å². The molecule has 0 aliphatic heterocycles. The van der Waals surface area contributed by atoms with Crippen molar-refractivity contribution in [2.45, 2.75) is 6.92 Å². The molecule has 2 rings (SSSR count). The SMILES string of the molecule is Cc1c(NC(=O)c2cc(Br)cc(Br)c2)cccc1C(N)=O. The minimum absolute atomic E-state index is 0.262. The van der Waals surface area contributed by atoms with Crippen molar-refractivity contribution in [3.05, 3.63) is 62.0 Å². The third-order valence-corrected chi connectivity index (χ3v) is 3.89. The molecule has 21 heavy (non-hydrogen) atoms. The number of primary amides is 1. The zero-order valence-electron chi connectivity index (χ0n) is 11.1. The van der Waals surface area contributed by atoms with Crippen LogP contribution in [0.3, 0.4) is 0 Å². The van der Waals surface area contributed by atoms with Gasteiger partial charge in [0, 0.05) is 25.8 Å². The lowest BCUT2D eigenvalue weighted by Crippen LogP contribution is -2.16. The second-order valence-corrected chi connectivity index (χ2v) is 6.29. The molecule has 108 valence electrons. The number of amides is 2. The van der Waals surface area contributed by atoms with Gasteiger partial charge in [0.2, 0.25) is 5.91 Å². The molecule has 0 spiro atoms. The number of rotatable bonds is 3. The van der Waals surface area contributed by atoms with Crippen molar-refractivity contribution in [3.8, 4) is 0 Å². The number of halogens is 2. The van der Waals surface area contributed by atoms with Gasteiger partial charge in [-0.25, -0.2) is 0 Å². The number of anilines is 1. The van der Waals surface area contributed by atoms with E-state index >= 15 is 0 Å². The van der Waals surface area contributed by atoms with Gasteiger partial charge in [-0.05, 0) is 42.8 Å². The summed E-state index contributed by atoms with van der Waals surface area (Å²) in [5, 5.41) is 2.79. The maximum absolute atomic E-state index is 12.3. The smallest absolute Gasteiger partial charge is 0.255 e. The van der Waals surface area contributed by atoms with E-state index in [1.54, 1.807) is 37.3 Å². The third kappa shape index (κ3) is 3.71. The predicted octanol–water partition coefficient (Wildman–Crippen LogP) is 3.87. The molecule has 0 radical (unpaired) electrons. The summed E-state index contributed by atoms with van der Waals surface area (Å²) in [6.45, 7) is 1.74. The second kappa shape index (κ2) is 6.41. The highest BCUT2D eigenvalue weighted by Gasteiger charge is 2.12. The molecule has 0 saturated carbocycles. The van der Waals surface area contributed by atoms with Crippen molar-refractivity contribution in [1.29, 1.82) is 0 Å². The van der Waals surface area contributed by atoms with E-state index in [4.69, 9.17) is 5.73 Å². The lowest BCUT2D eigenvalue weighted by Gasteiger charge is -2.11. The second-order valence-electron chi connectivity index (χ2n) is 4.45. The van der Waals surface area contributed by atoms with Crippen LogP contribution in [0.15, 0.2) is 45.3 Å². The summed E-state index contributed by atoms with van der Waals surface area (Å²) in [5.41, 5.74) is 7.40. The van der Waals surface area contributed by atoms with Gasteiger partial charge in [-0.1, -0.05) is 37.9 Å². The first kappa shape index (κ1) is 15.7. The molecule has 3 N–H and O–H groups in total. The Balaban J connectivity index is 2.32. The molecule has 0 bridgehead atoms. The van der Waals surface area contributed by atoms with Crippen LogP contribution in [-0.4, -0.2) is 11.8 Å². The van der Waals surface area contributed by atoms with Crippen molar-refractivity contribution < 1.29 is 9.59 Å². The first-order valence-corrected chi connectivity index (χ1v) is 7.64. The van der Waals surface area contributed by atoms with Crippen LogP contribution < -0.4 is 11.1 Å². The maximum Gasteiger partial charge on any atom is 0.255 e. The van der Waals surface area contributed by atoms with E-state index < -0.39 is 5.91 Å². The Hall–Kier alpha value is -1.66. The fourth-order valence-electron chi connectivity index (χ4n) is 1.92. The predicted molar refractivity (Wildman–Crippen MR) is 89.5 cm³/mol. The number of hydrogen-bond donors (Lipinski definition) is 2. The molecular formula is C15H12Br2N2O2. The minimum Gasteiger partial charge on any atom is -0.366 e. The van der Waals surface area contributed by atoms with E-state index in [0.29, 0.717) is 22.4 Å². The highest BCUT2D eigenvalue weighted by atomic mass is 79.9. The highest BCUT2D eigenvalue weighted by molar-refractivity contribution is 9.11. The molecular weight excluding hydrogens is 400 g/mol. The molecule has 0 aliphatic rings. The van der Waals surface area contributed by atoms with Crippen molar-refractivity contribution in [1.82, 2.24) is 0 Å². The van der Waals surface area contributed by atoms with Crippen LogP contribution in [0.5, 0.6) is 0 Å². The van der Waals surface area contributed by atoms with Gasteiger partial charge in [0.25, 0.3) is 5.91 Å². The van der Waals surface area contributed by atoms with Crippen LogP contribution in [0, 0.1) is 6.92 Å². The Bertz CT molecular complexity index is 709. The summed E-state index contributed by atoms with van der Waals surface area (Å²) in [6, 6.07) is 10.3. The Morgan fingerprint density at radius 1 is 1.10 bits per heavy atom. The average Bonchev–Trinajstić information content (AvgIpc) is 2.39. The Kier molecular flexibility index (Phi) is 4.80. The summed E-state index contributed by atoms with van der Waals surface area (Å²) in [7, 11) is 0. The number of carbonyl (C=O) groups is 2. The van der Waals surface area contributed by atoms with Gasteiger partial charge in [-0.3, -0.25) is 9.59 Å². The van der Waals surface area contributed by atoms with Crippen LogP contribution in [0.1, 0.15) is 26.3 Å². The van der Waals surface area contributed by atoms with E-state index in [1.165, 1.54) is 0 Å². The normalized spacial score (nSPS) is 10.2. The van der Waals surface area contributed by atoms with Crippen LogP contribution in [-0.2, 0) is 0 Å². The fourth-order valence-corrected chi connectivity index (χ4v) is 3.21. The molecule has 2 amide bonds. The van der Waals surface area contributed by atoms with Crippen molar-refractivity contribution in [2.75, 3.05) is 5.32 Å². The lowest BCUT2D eigenvalue weighted by atomic mass is 10.1. The molecule has 6 heteroatoms. The molecule has 0 aromatic heterocycles. The summed E-state index contributed by atoms with van der Waals surface area (Å²) >= 11 is 6.68. The Labute approximate surface area is 139 Å². The zero-order valence-corrected chi connectivity index (χ0v) is 14.3. The van der Waals surface area contributed by atoms with Gasteiger partial charge in [-0.2, -0.15) is 0 Å². The topological polar surface area (TPSA) is 72.2 Å². The molecule has 0 fully saturated rings. The number of nitrogens with one attached hydrogen (secondary N) is 1. The van der Waals surface area contributed by atoms with E-state index in [-0.39, 0.29) is 5.91 Å². The van der Waals surface area contributed by atoms with Gasteiger partial charge in [0.1, 0.15) is 0 Å². The van der Waals surface area contributed by atoms with Gasteiger partial charge >= 0.3 is 0 Å². The Morgan fingerprint density at radius 3 is 2.29 bits per heavy atom. The summed E-state index contributed by atoms with van der Waals surface area (Å²) in [6.07, 6.45) is 0. The Morgan fingerprint density at radius 2 is 1.71 bits per heavy atom.